The lowest BCUT2D eigenvalue weighted by Crippen LogP contribution is -2.29. The average molecular weight is 315 g/mol. The Morgan fingerprint density at radius 2 is 2.28 bits per heavy atom. The number of hydrogen-bond acceptors (Lipinski definition) is 2. The maximum atomic E-state index is 13.7. The second kappa shape index (κ2) is 6.13. The van der Waals surface area contributed by atoms with Crippen LogP contribution in [0.4, 0.5) is 4.39 Å². The van der Waals surface area contributed by atoms with Gasteiger partial charge in [-0.15, -0.1) is 0 Å². The summed E-state index contributed by atoms with van der Waals surface area (Å²) in [5.74, 6) is 0.397. The van der Waals surface area contributed by atoms with E-state index in [1.165, 1.54) is 6.42 Å². The van der Waals surface area contributed by atoms with Gasteiger partial charge in [0.1, 0.15) is 5.82 Å². The third kappa shape index (κ3) is 2.76. The molecule has 1 fully saturated rings. The SMILES string of the molecule is CCN1CCC(CNC)C1c1ccc(Br)c(F)c1. The van der Waals surface area contributed by atoms with Crippen molar-refractivity contribution in [2.24, 2.45) is 5.92 Å². The van der Waals surface area contributed by atoms with Crippen molar-refractivity contribution in [1.82, 2.24) is 10.2 Å². The minimum Gasteiger partial charge on any atom is -0.319 e. The van der Waals surface area contributed by atoms with Crippen LogP contribution in [0.5, 0.6) is 0 Å². The van der Waals surface area contributed by atoms with E-state index in [-0.39, 0.29) is 5.82 Å². The van der Waals surface area contributed by atoms with E-state index in [0.29, 0.717) is 16.4 Å². The molecular formula is C14H20BrFN2. The molecule has 2 unspecified atom stereocenters. The van der Waals surface area contributed by atoms with Crippen molar-refractivity contribution in [3.8, 4) is 0 Å². The summed E-state index contributed by atoms with van der Waals surface area (Å²) in [4.78, 5) is 2.44. The Bertz CT molecular complexity index is 411. The van der Waals surface area contributed by atoms with Crippen LogP contribution < -0.4 is 5.32 Å². The predicted octanol–water partition coefficient (Wildman–Crippen LogP) is 3.19. The highest BCUT2D eigenvalue weighted by molar-refractivity contribution is 9.10. The standard InChI is InChI=1S/C14H20BrFN2/c1-3-18-7-6-11(9-17-2)14(18)10-4-5-12(15)13(16)8-10/h4-5,8,11,14,17H,3,6-7,9H2,1-2H3. The van der Waals surface area contributed by atoms with Gasteiger partial charge in [-0.1, -0.05) is 13.0 Å². The smallest absolute Gasteiger partial charge is 0.137 e. The summed E-state index contributed by atoms with van der Waals surface area (Å²) in [5.41, 5.74) is 1.09. The monoisotopic (exact) mass is 314 g/mol. The summed E-state index contributed by atoms with van der Waals surface area (Å²) in [5, 5.41) is 3.25. The van der Waals surface area contributed by atoms with Gasteiger partial charge in [0.15, 0.2) is 0 Å². The molecule has 1 aromatic carbocycles. The largest absolute Gasteiger partial charge is 0.319 e. The van der Waals surface area contributed by atoms with Crippen molar-refractivity contribution in [2.75, 3.05) is 26.7 Å². The highest BCUT2D eigenvalue weighted by atomic mass is 79.9. The molecule has 0 bridgehead atoms. The first-order valence-corrected chi connectivity index (χ1v) is 7.30. The highest BCUT2D eigenvalue weighted by Gasteiger charge is 2.33. The number of halogens is 2. The molecule has 0 spiro atoms. The number of likely N-dealkylation sites (tertiary alicyclic amines) is 1. The lowest BCUT2D eigenvalue weighted by atomic mass is 9.93. The Labute approximate surface area is 117 Å². The molecule has 1 aromatic rings. The van der Waals surface area contributed by atoms with E-state index in [2.05, 4.69) is 33.1 Å². The summed E-state index contributed by atoms with van der Waals surface area (Å²) in [6.07, 6.45) is 1.18. The summed E-state index contributed by atoms with van der Waals surface area (Å²) >= 11 is 3.22. The Kier molecular flexibility index (Phi) is 4.76. The minimum absolute atomic E-state index is 0.168. The molecule has 0 aromatic heterocycles. The molecule has 0 amide bonds. The van der Waals surface area contributed by atoms with Crippen LogP contribution in [-0.4, -0.2) is 31.6 Å². The molecule has 4 heteroatoms. The second-order valence-electron chi connectivity index (χ2n) is 4.85. The number of hydrogen-bond donors (Lipinski definition) is 1. The Morgan fingerprint density at radius 1 is 1.50 bits per heavy atom. The van der Waals surface area contributed by atoms with E-state index in [1.54, 1.807) is 6.07 Å². The van der Waals surface area contributed by atoms with Gasteiger partial charge in [0.25, 0.3) is 0 Å². The van der Waals surface area contributed by atoms with Crippen molar-refractivity contribution in [2.45, 2.75) is 19.4 Å². The van der Waals surface area contributed by atoms with Gasteiger partial charge in [0, 0.05) is 6.04 Å². The zero-order chi connectivity index (χ0) is 13.1. The van der Waals surface area contributed by atoms with E-state index >= 15 is 0 Å². The molecule has 2 nitrogen and oxygen atoms in total. The number of benzene rings is 1. The minimum atomic E-state index is -0.168. The number of rotatable bonds is 4. The van der Waals surface area contributed by atoms with Crippen molar-refractivity contribution >= 4 is 15.9 Å². The molecule has 0 saturated carbocycles. The van der Waals surface area contributed by atoms with Gasteiger partial charge in [-0.3, -0.25) is 4.90 Å². The number of nitrogens with zero attached hydrogens (tertiary/aromatic N) is 1. The first kappa shape index (κ1) is 14.0. The molecule has 2 atom stereocenters. The Morgan fingerprint density at radius 3 is 2.89 bits per heavy atom. The van der Waals surface area contributed by atoms with E-state index in [4.69, 9.17) is 0 Å². The normalized spacial score (nSPS) is 24.7. The number of nitrogens with one attached hydrogen (secondary N) is 1. The van der Waals surface area contributed by atoms with Gasteiger partial charge in [-0.2, -0.15) is 0 Å². The fourth-order valence-corrected chi connectivity index (χ4v) is 3.18. The van der Waals surface area contributed by atoms with Gasteiger partial charge >= 0.3 is 0 Å². The molecule has 1 heterocycles. The highest BCUT2D eigenvalue weighted by Crippen LogP contribution is 2.37. The van der Waals surface area contributed by atoms with E-state index in [9.17, 15) is 4.39 Å². The van der Waals surface area contributed by atoms with Crippen molar-refractivity contribution < 1.29 is 4.39 Å². The van der Waals surface area contributed by atoms with Crippen LogP contribution in [0, 0.1) is 11.7 Å². The van der Waals surface area contributed by atoms with Crippen LogP contribution in [0.15, 0.2) is 22.7 Å². The second-order valence-corrected chi connectivity index (χ2v) is 5.71. The lowest BCUT2D eigenvalue weighted by Gasteiger charge is -2.27. The van der Waals surface area contributed by atoms with Gasteiger partial charge in [-0.25, -0.2) is 4.39 Å². The van der Waals surface area contributed by atoms with E-state index in [0.717, 1.165) is 25.2 Å². The Balaban J connectivity index is 2.28. The summed E-state index contributed by atoms with van der Waals surface area (Å²) in [6, 6.07) is 5.86. The molecule has 1 N–H and O–H groups in total. The quantitative estimate of drug-likeness (QED) is 0.918. The maximum Gasteiger partial charge on any atom is 0.137 e. The fraction of sp³-hybridized carbons (Fsp3) is 0.571. The first-order chi connectivity index (χ1) is 8.67. The van der Waals surface area contributed by atoms with Gasteiger partial charge in [0.05, 0.1) is 4.47 Å². The molecule has 100 valence electrons. The third-order valence-corrected chi connectivity index (χ3v) is 4.43. The van der Waals surface area contributed by atoms with E-state index in [1.807, 2.05) is 19.2 Å². The predicted molar refractivity (Wildman–Crippen MR) is 76.1 cm³/mol. The molecule has 1 aliphatic rings. The molecule has 18 heavy (non-hydrogen) atoms. The fourth-order valence-electron chi connectivity index (χ4n) is 2.94. The van der Waals surface area contributed by atoms with Crippen molar-refractivity contribution in [3.63, 3.8) is 0 Å². The van der Waals surface area contributed by atoms with Crippen molar-refractivity contribution in [3.05, 3.63) is 34.1 Å². The average Bonchev–Trinajstić information content (AvgIpc) is 2.76. The molecule has 0 aliphatic carbocycles. The summed E-state index contributed by atoms with van der Waals surface area (Å²) in [6.45, 7) is 5.27. The van der Waals surface area contributed by atoms with Crippen LogP contribution >= 0.6 is 15.9 Å². The first-order valence-electron chi connectivity index (χ1n) is 6.51. The molecular weight excluding hydrogens is 295 g/mol. The molecule has 0 radical (unpaired) electrons. The topological polar surface area (TPSA) is 15.3 Å². The van der Waals surface area contributed by atoms with Gasteiger partial charge < -0.3 is 5.32 Å². The van der Waals surface area contributed by atoms with Crippen LogP contribution in [0.3, 0.4) is 0 Å². The third-order valence-electron chi connectivity index (χ3n) is 3.78. The van der Waals surface area contributed by atoms with Crippen LogP contribution in [-0.2, 0) is 0 Å². The van der Waals surface area contributed by atoms with Crippen LogP contribution in [0.1, 0.15) is 24.9 Å². The Hall–Kier alpha value is -0.450. The van der Waals surface area contributed by atoms with Crippen molar-refractivity contribution in [1.29, 1.82) is 0 Å². The van der Waals surface area contributed by atoms with Gasteiger partial charge in [-0.05, 0) is 72.6 Å². The van der Waals surface area contributed by atoms with E-state index < -0.39 is 0 Å². The molecule has 2 rings (SSSR count). The summed E-state index contributed by atoms with van der Waals surface area (Å²) in [7, 11) is 1.98. The van der Waals surface area contributed by atoms with Crippen LogP contribution in [0.2, 0.25) is 0 Å². The zero-order valence-corrected chi connectivity index (χ0v) is 12.5. The summed E-state index contributed by atoms with van der Waals surface area (Å²) < 4.78 is 14.2. The maximum absolute atomic E-state index is 13.7. The lowest BCUT2D eigenvalue weighted by molar-refractivity contribution is 0.237. The molecule has 1 aliphatic heterocycles. The van der Waals surface area contributed by atoms with Gasteiger partial charge in [0.2, 0.25) is 0 Å². The van der Waals surface area contributed by atoms with Crippen LogP contribution in [0.25, 0.3) is 0 Å². The molecule has 1 saturated heterocycles. The zero-order valence-electron chi connectivity index (χ0n) is 10.9.